The quantitative estimate of drug-likeness (QED) is 0.207. The standard InChI is InChI=1S/C29H26N2O4S3/c1-2-35-28(34)23-20-15-9-10-16-22(20)37-26(23)30-25(32)21(17-18-11-5-3-6-12-18)24-27(33)31(29(36)38-24)19-13-7-4-8-14-19/h3-8,11-14H,2,9-10,15-17H2,1H3,(H,30,32)/b24-21+. The molecule has 194 valence electrons. The van der Waals surface area contributed by atoms with Crippen molar-refractivity contribution in [2.24, 2.45) is 0 Å². The number of thioether (sulfide) groups is 1. The largest absolute Gasteiger partial charge is 0.462 e. The normalized spacial score (nSPS) is 16.3. The number of hydrogen-bond donors (Lipinski definition) is 1. The lowest BCUT2D eigenvalue weighted by atomic mass is 9.95. The zero-order chi connectivity index (χ0) is 26.6. The molecule has 1 aromatic heterocycles. The Morgan fingerprint density at radius 1 is 1.03 bits per heavy atom. The van der Waals surface area contributed by atoms with Crippen molar-refractivity contribution in [2.75, 3.05) is 16.8 Å². The molecule has 1 aliphatic heterocycles. The van der Waals surface area contributed by atoms with Gasteiger partial charge in [0.15, 0.2) is 4.32 Å². The maximum atomic E-state index is 13.9. The Morgan fingerprint density at radius 3 is 2.42 bits per heavy atom. The predicted molar refractivity (Wildman–Crippen MR) is 157 cm³/mol. The molecule has 2 aliphatic rings. The second-order valence-corrected chi connectivity index (χ2v) is 11.7. The Balaban J connectivity index is 1.54. The molecule has 1 fully saturated rings. The van der Waals surface area contributed by atoms with E-state index in [1.165, 1.54) is 16.2 Å². The van der Waals surface area contributed by atoms with E-state index in [4.69, 9.17) is 17.0 Å². The smallest absolute Gasteiger partial charge is 0.341 e. The van der Waals surface area contributed by atoms with Crippen LogP contribution in [0.1, 0.15) is 46.1 Å². The average Bonchev–Trinajstić information content (AvgIpc) is 3.44. The van der Waals surface area contributed by atoms with Gasteiger partial charge in [-0.25, -0.2) is 4.79 Å². The van der Waals surface area contributed by atoms with Crippen molar-refractivity contribution in [2.45, 2.75) is 39.0 Å². The summed E-state index contributed by atoms with van der Waals surface area (Å²) in [6, 6.07) is 18.7. The van der Waals surface area contributed by atoms with Gasteiger partial charge in [-0.1, -0.05) is 72.5 Å². The first kappa shape index (κ1) is 26.3. The Hall–Kier alpha value is -3.27. The van der Waals surface area contributed by atoms with E-state index >= 15 is 0 Å². The van der Waals surface area contributed by atoms with Crippen LogP contribution in [0.5, 0.6) is 0 Å². The van der Waals surface area contributed by atoms with Crippen LogP contribution in [0.2, 0.25) is 0 Å². The van der Waals surface area contributed by atoms with E-state index in [1.807, 2.05) is 60.7 Å². The summed E-state index contributed by atoms with van der Waals surface area (Å²) in [6.45, 7) is 2.01. The average molecular weight is 563 g/mol. The van der Waals surface area contributed by atoms with E-state index in [1.54, 1.807) is 6.92 Å². The molecule has 0 radical (unpaired) electrons. The molecule has 1 aliphatic carbocycles. The Morgan fingerprint density at radius 2 is 1.71 bits per heavy atom. The number of hydrogen-bond acceptors (Lipinski definition) is 7. The van der Waals surface area contributed by atoms with Crippen LogP contribution in [0, 0.1) is 0 Å². The molecule has 6 nitrogen and oxygen atoms in total. The van der Waals surface area contributed by atoms with Gasteiger partial charge >= 0.3 is 5.97 Å². The van der Waals surface area contributed by atoms with Gasteiger partial charge in [0, 0.05) is 16.9 Å². The van der Waals surface area contributed by atoms with E-state index in [9.17, 15) is 14.4 Å². The summed E-state index contributed by atoms with van der Waals surface area (Å²) in [4.78, 5) is 43.3. The molecule has 0 saturated carbocycles. The van der Waals surface area contributed by atoms with Crippen LogP contribution in [-0.2, 0) is 33.6 Å². The summed E-state index contributed by atoms with van der Waals surface area (Å²) >= 11 is 8.12. The molecule has 0 spiro atoms. The molecule has 1 N–H and O–H groups in total. The number of esters is 1. The van der Waals surface area contributed by atoms with Crippen LogP contribution in [0.4, 0.5) is 10.7 Å². The van der Waals surface area contributed by atoms with Crippen molar-refractivity contribution >= 4 is 68.1 Å². The fraction of sp³-hybridized carbons (Fsp3) is 0.241. The van der Waals surface area contributed by atoms with Crippen LogP contribution in [0.25, 0.3) is 0 Å². The van der Waals surface area contributed by atoms with Crippen molar-refractivity contribution in [3.8, 4) is 0 Å². The van der Waals surface area contributed by atoms with Crippen molar-refractivity contribution in [3.05, 3.63) is 92.7 Å². The highest BCUT2D eigenvalue weighted by molar-refractivity contribution is 8.27. The highest BCUT2D eigenvalue weighted by atomic mass is 32.2. The zero-order valence-corrected chi connectivity index (χ0v) is 23.3. The molecule has 3 aromatic rings. The third-order valence-corrected chi connectivity index (χ3v) is 9.06. The lowest BCUT2D eigenvalue weighted by Gasteiger charge is -2.15. The number of nitrogens with one attached hydrogen (secondary N) is 1. The number of benzene rings is 2. The molecule has 2 amide bonds. The molecule has 0 bridgehead atoms. The lowest BCUT2D eigenvalue weighted by molar-refractivity contribution is -0.115. The summed E-state index contributed by atoms with van der Waals surface area (Å²) in [5.74, 6) is -1.18. The van der Waals surface area contributed by atoms with Gasteiger partial charge in [-0.15, -0.1) is 11.3 Å². The summed E-state index contributed by atoms with van der Waals surface area (Å²) in [5, 5.41) is 3.46. The number of thiophene rings is 1. The van der Waals surface area contributed by atoms with Crippen LogP contribution < -0.4 is 10.2 Å². The zero-order valence-electron chi connectivity index (χ0n) is 20.8. The highest BCUT2D eigenvalue weighted by Gasteiger charge is 2.37. The molecule has 2 heterocycles. The number of carbonyl (C=O) groups excluding carboxylic acids is 3. The van der Waals surface area contributed by atoms with Gasteiger partial charge in [0.2, 0.25) is 0 Å². The van der Waals surface area contributed by atoms with E-state index < -0.39 is 11.9 Å². The molecular formula is C29H26N2O4S3. The Bertz CT molecular complexity index is 1430. The number of ether oxygens (including phenoxy) is 1. The van der Waals surface area contributed by atoms with E-state index in [-0.39, 0.29) is 18.9 Å². The molecule has 0 unspecified atom stereocenters. The molecule has 38 heavy (non-hydrogen) atoms. The first-order valence-corrected chi connectivity index (χ1v) is 14.5. The van der Waals surface area contributed by atoms with Crippen molar-refractivity contribution in [3.63, 3.8) is 0 Å². The number of rotatable bonds is 7. The fourth-order valence-electron chi connectivity index (χ4n) is 4.67. The van der Waals surface area contributed by atoms with Gasteiger partial charge in [-0.2, -0.15) is 0 Å². The number of thiocarbonyl (C=S) groups is 1. The maximum Gasteiger partial charge on any atom is 0.341 e. The van der Waals surface area contributed by atoms with E-state index in [2.05, 4.69) is 5.32 Å². The van der Waals surface area contributed by atoms with Gasteiger partial charge in [0.1, 0.15) is 5.00 Å². The Kier molecular flexibility index (Phi) is 8.06. The molecular weight excluding hydrogens is 537 g/mol. The summed E-state index contributed by atoms with van der Waals surface area (Å²) in [7, 11) is 0. The van der Waals surface area contributed by atoms with Gasteiger partial charge < -0.3 is 10.1 Å². The molecule has 9 heteroatoms. The molecule has 0 atom stereocenters. The van der Waals surface area contributed by atoms with Crippen LogP contribution in [-0.4, -0.2) is 28.7 Å². The minimum absolute atomic E-state index is 0.242. The van der Waals surface area contributed by atoms with Crippen LogP contribution >= 0.6 is 35.3 Å². The van der Waals surface area contributed by atoms with Crippen molar-refractivity contribution in [1.29, 1.82) is 0 Å². The van der Waals surface area contributed by atoms with Crippen LogP contribution in [0.15, 0.2) is 71.1 Å². The Labute approximate surface area is 235 Å². The van der Waals surface area contributed by atoms with E-state index in [0.29, 0.717) is 31.1 Å². The number of carbonyl (C=O) groups is 3. The van der Waals surface area contributed by atoms with Crippen molar-refractivity contribution < 1.29 is 19.1 Å². The van der Waals surface area contributed by atoms with Gasteiger partial charge in [-0.05, 0) is 55.9 Å². The number of anilines is 2. The molecule has 1 saturated heterocycles. The third kappa shape index (κ3) is 5.32. The summed E-state index contributed by atoms with van der Waals surface area (Å²) in [6.07, 6.45) is 3.93. The SMILES string of the molecule is CCOC(=O)c1c(NC(=O)/C(Cc2ccccc2)=C2/SC(=S)N(c3ccccc3)C2=O)sc2c1CCCC2. The second-order valence-electron chi connectivity index (χ2n) is 8.90. The number of para-hydroxylation sites is 1. The first-order chi connectivity index (χ1) is 18.5. The highest BCUT2D eigenvalue weighted by Crippen LogP contribution is 2.41. The minimum Gasteiger partial charge on any atom is -0.462 e. The van der Waals surface area contributed by atoms with Gasteiger partial charge in [-0.3, -0.25) is 14.5 Å². The lowest BCUT2D eigenvalue weighted by Crippen LogP contribution is -2.28. The minimum atomic E-state index is -0.429. The number of nitrogens with zero attached hydrogens (tertiary/aromatic N) is 1. The fourth-order valence-corrected chi connectivity index (χ4v) is 7.30. The first-order valence-electron chi connectivity index (χ1n) is 12.5. The molecule has 2 aromatic carbocycles. The number of amides is 2. The number of fused-ring (bicyclic) bond motifs is 1. The van der Waals surface area contributed by atoms with Crippen molar-refractivity contribution in [1.82, 2.24) is 0 Å². The van der Waals surface area contributed by atoms with Crippen LogP contribution in [0.3, 0.4) is 0 Å². The van der Waals surface area contributed by atoms with Gasteiger partial charge in [0.05, 0.1) is 22.8 Å². The van der Waals surface area contributed by atoms with Gasteiger partial charge in [0.25, 0.3) is 11.8 Å². The monoisotopic (exact) mass is 562 g/mol. The summed E-state index contributed by atoms with van der Waals surface area (Å²) in [5.41, 5.74) is 3.26. The third-order valence-electron chi connectivity index (χ3n) is 6.43. The second kappa shape index (κ2) is 11.6. The summed E-state index contributed by atoms with van der Waals surface area (Å²) < 4.78 is 5.72. The topological polar surface area (TPSA) is 75.7 Å². The molecule has 5 rings (SSSR count). The maximum absolute atomic E-state index is 13.9. The predicted octanol–water partition coefficient (Wildman–Crippen LogP) is 6.30. The van der Waals surface area contributed by atoms with E-state index in [0.717, 1.165) is 53.4 Å². The number of aryl methyl sites for hydroxylation is 1.